The van der Waals surface area contributed by atoms with Crippen LogP contribution in [0.5, 0.6) is 0 Å². The third-order valence-corrected chi connectivity index (χ3v) is 4.86. The van der Waals surface area contributed by atoms with E-state index in [1.807, 2.05) is 12.1 Å². The van der Waals surface area contributed by atoms with Gasteiger partial charge in [-0.1, -0.05) is 25.0 Å². The van der Waals surface area contributed by atoms with Gasteiger partial charge in [-0.3, -0.25) is 4.79 Å². The Morgan fingerprint density at radius 3 is 2.38 bits per heavy atom. The van der Waals surface area contributed by atoms with Gasteiger partial charge in [-0.2, -0.15) is 0 Å². The summed E-state index contributed by atoms with van der Waals surface area (Å²) in [5.41, 5.74) is 2.17. The van der Waals surface area contributed by atoms with Crippen molar-refractivity contribution in [3.05, 3.63) is 35.9 Å². The lowest BCUT2D eigenvalue weighted by Gasteiger charge is -2.22. The lowest BCUT2D eigenvalue weighted by Crippen LogP contribution is -2.36. The van der Waals surface area contributed by atoms with Crippen LogP contribution in [0, 0.1) is 0 Å². The van der Waals surface area contributed by atoms with Gasteiger partial charge in [0.2, 0.25) is 0 Å². The summed E-state index contributed by atoms with van der Waals surface area (Å²) in [5, 5.41) is 2.83. The molecule has 1 saturated carbocycles. The van der Waals surface area contributed by atoms with Gasteiger partial charge < -0.3 is 15.0 Å². The van der Waals surface area contributed by atoms with Crippen LogP contribution in [0.15, 0.2) is 30.3 Å². The van der Waals surface area contributed by atoms with Crippen LogP contribution in [-0.4, -0.2) is 37.1 Å². The quantitative estimate of drug-likeness (QED) is 0.628. The van der Waals surface area contributed by atoms with E-state index in [1.54, 1.807) is 13.0 Å². The lowest BCUT2D eigenvalue weighted by molar-refractivity contribution is -0.150. The van der Waals surface area contributed by atoms with Gasteiger partial charge in [0.15, 0.2) is 6.10 Å². The highest BCUT2D eigenvalue weighted by Gasteiger charge is 2.26. The number of amides is 1. The van der Waals surface area contributed by atoms with Crippen LogP contribution in [0.3, 0.4) is 0 Å². The van der Waals surface area contributed by atoms with E-state index in [0.29, 0.717) is 0 Å². The Hall–Kier alpha value is -2.30. The molecule has 1 aromatic carbocycles. The third kappa shape index (κ3) is 5.61. The van der Waals surface area contributed by atoms with E-state index in [2.05, 4.69) is 22.3 Å². The number of benzene rings is 1. The van der Waals surface area contributed by atoms with Gasteiger partial charge in [-0.05, 0) is 56.4 Å². The fourth-order valence-electron chi connectivity index (χ4n) is 3.10. The first-order valence-corrected chi connectivity index (χ1v) is 9.66. The van der Waals surface area contributed by atoms with E-state index < -0.39 is 12.1 Å². The molecule has 1 N–H and O–H groups in total. The molecule has 5 heteroatoms. The van der Waals surface area contributed by atoms with Crippen molar-refractivity contribution in [3.8, 4) is 0 Å². The lowest BCUT2D eigenvalue weighted by atomic mass is 10.1. The Bertz CT molecular complexity index is 642. The number of carbonyl (C=O) groups excluding carboxylic acids is 2. The Labute approximate surface area is 155 Å². The Morgan fingerprint density at radius 2 is 1.77 bits per heavy atom. The number of ether oxygens (including phenoxy) is 1. The molecule has 1 heterocycles. The summed E-state index contributed by atoms with van der Waals surface area (Å²) >= 11 is 0. The SMILES string of the molecule is C[C@H](OC(=O)/C=C/c1ccc(N2CCCCCC2)cc1)C(=O)NC1CC1. The van der Waals surface area contributed by atoms with Crippen LogP contribution >= 0.6 is 0 Å². The molecule has 1 amide bonds. The molecule has 2 fully saturated rings. The summed E-state index contributed by atoms with van der Waals surface area (Å²) in [6, 6.07) is 8.48. The number of rotatable bonds is 6. The smallest absolute Gasteiger partial charge is 0.331 e. The zero-order chi connectivity index (χ0) is 18.4. The first-order valence-electron chi connectivity index (χ1n) is 9.66. The zero-order valence-electron chi connectivity index (χ0n) is 15.4. The predicted molar refractivity (Wildman–Crippen MR) is 103 cm³/mol. The highest BCUT2D eigenvalue weighted by atomic mass is 16.5. The second-order valence-corrected chi connectivity index (χ2v) is 7.19. The van der Waals surface area contributed by atoms with Crippen molar-refractivity contribution >= 4 is 23.6 Å². The molecule has 3 rings (SSSR count). The van der Waals surface area contributed by atoms with Gasteiger partial charge in [-0.15, -0.1) is 0 Å². The summed E-state index contributed by atoms with van der Waals surface area (Å²) in [6.45, 7) is 3.82. The van der Waals surface area contributed by atoms with E-state index in [9.17, 15) is 9.59 Å². The summed E-state index contributed by atoms with van der Waals surface area (Å²) < 4.78 is 5.15. The standard InChI is InChI=1S/C21H28N2O3/c1-16(21(25)22-18-9-10-18)26-20(24)13-8-17-6-11-19(12-7-17)23-14-4-2-3-5-15-23/h6-8,11-13,16,18H,2-5,9-10,14-15H2,1H3,(H,22,25)/b13-8+/t16-/m0/s1. The summed E-state index contributed by atoms with van der Waals surface area (Å²) in [6.07, 6.45) is 9.49. The molecule has 0 radical (unpaired) electrons. The molecule has 1 atom stereocenters. The van der Waals surface area contributed by atoms with Crippen LogP contribution in [0.25, 0.3) is 6.08 Å². The number of hydrogen-bond acceptors (Lipinski definition) is 4. The Balaban J connectivity index is 1.49. The molecule has 1 aliphatic heterocycles. The van der Waals surface area contributed by atoms with Crippen LogP contribution < -0.4 is 10.2 Å². The fraction of sp³-hybridized carbons (Fsp3) is 0.524. The van der Waals surface area contributed by atoms with E-state index in [0.717, 1.165) is 31.5 Å². The number of nitrogens with zero attached hydrogens (tertiary/aromatic N) is 1. The van der Waals surface area contributed by atoms with Gasteiger partial charge in [0.1, 0.15) is 0 Å². The Kier molecular flexibility index (Phi) is 6.31. The fourth-order valence-corrected chi connectivity index (χ4v) is 3.10. The minimum absolute atomic E-state index is 0.226. The number of nitrogens with one attached hydrogen (secondary N) is 1. The van der Waals surface area contributed by atoms with Crippen molar-refractivity contribution in [1.29, 1.82) is 0 Å². The van der Waals surface area contributed by atoms with Crippen LogP contribution in [-0.2, 0) is 14.3 Å². The number of carbonyl (C=O) groups is 2. The van der Waals surface area contributed by atoms with E-state index >= 15 is 0 Å². The van der Waals surface area contributed by atoms with Crippen LogP contribution in [0.2, 0.25) is 0 Å². The average Bonchev–Trinajstić information content (AvgIpc) is 3.47. The molecule has 1 aromatic rings. The number of esters is 1. The average molecular weight is 356 g/mol. The van der Waals surface area contributed by atoms with E-state index in [1.165, 1.54) is 37.4 Å². The number of hydrogen-bond donors (Lipinski definition) is 1. The van der Waals surface area contributed by atoms with Crippen molar-refractivity contribution in [2.24, 2.45) is 0 Å². The molecule has 26 heavy (non-hydrogen) atoms. The molecule has 5 nitrogen and oxygen atoms in total. The van der Waals surface area contributed by atoms with E-state index in [-0.39, 0.29) is 11.9 Å². The molecule has 1 aliphatic carbocycles. The maximum Gasteiger partial charge on any atom is 0.331 e. The molecule has 140 valence electrons. The second kappa shape index (κ2) is 8.88. The summed E-state index contributed by atoms with van der Waals surface area (Å²) in [7, 11) is 0. The van der Waals surface area contributed by atoms with Crippen molar-refractivity contribution in [2.45, 2.75) is 57.6 Å². The van der Waals surface area contributed by atoms with Crippen molar-refractivity contribution in [2.75, 3.05) is 18.0 Å². The Morgan fingerprint density at radius 1 is 1.12 bits per heavy atom. The highest BCUT2D eigenvalue weighted by molar-refractivity contribution is 5.90. The molecule has 0 unspecified atom stereocenters. The largest absolute Gasteiger partial charge is 0.449 e. The van der Waals surface area contributed by atoms with Gasteiger partial charge in [0, 0.05) is 30.9 Å². The maximum absolute atomic E-state index is 11.9. The topological polar surface area (TPSA) is 58.6 Å². The number of anilines is 1. The molecular weight excluding hydrogens is 328 g/mol. The molecule has 2 aliphatic rings. The first kappa shape index (κ1) is 18.5. The summed E-state index contributed by atoms with van der Waals surface area (Å²) in [4.78, 5) is 26.1. The minimum Gasteiger partial charge on any atom is -0.449 e. The predicted octanol–water partition coefficient (Wildman–Crippen LogP) is 3.29. The van der Waals surface area contributed by atoms with E-state index in [4.69, 9.17) is 4.74 Å². The normalized spacial score (nSPS) is 19.0. The van der Waals surface area contributed by atoms with Crippen LogP contribution in [0.1, 0.15) is 51.0 Å². The monoisotopic (exact) mass is 356 g/mol. The molecule has 0 aromatic heterocycles. The first-order chi connectivity index (χ1) is 12.6. The summed E-state index contributed by atoms with van der Waals surface area (Å²) in [5.74, 6) is -0.726. The minimum atomic E-state index is -0.766. The molecule has 1 saturated heterocycles. The van der Waals surface area contributed by atoms with Crippen molar-refractivity contribution in [3.63, 3.8) is 0 Å². The van der Waals surface area contributed by atoms with Gasteiger partial charge in [-0.25, -0.2) is 4.79 Å². The molecule has 0 spiro atoms. The van der Waals surface area contributed by atoms with Crippen molar-refractivity contribution < 1.29 is 14.3 Å². The molecule has 0 bridgehead atoms. The van der Waals surface area contributed by atoms with Gasteiger partial charge >= 0.3 is 5.97 Å². The highest BCUT2D eigenvalue weighted by Crippen LogP contribution is 2.21. The zero-order valence-corrected chi connectivity index (χ0v) is 15.4. The second-order valence-electron chi connectivity index (χ2n) is 7.19. The third-order valence-electron chi connectivity index (χ3n) is 4.86. The van der Waals surface area contributed by atoms with Crippen LogP contribution in [0.4, 0.5) is 5.69 Å². The van der Waals surface area contributed by atoms with Gasteiger partial charge in [0.05, 0.1) is 0 Å². The molecular formula is C21H28N2O3. The maximum atomic E-state index is 11.9. The van der Waals surface area contributed by atoms with Gasteiger partial charge in [0.25, 0.3) is 5.91 Å². The van der Waals surface area contributed by atoms with Crippen molar-refractivity contribution in [1.82, 2.24) is 5.32 Å².